The maximum atomic E-state index is 3.76. The van der Waals surface area contributed by atoms with Gasteiger partial charge in [-0.25, -0.2) is 0 Å². The van der Waals surface area contributed by atoms with Gasteiger partial charge in [0.1, 0.15) is 0 Å². The van der Waals surface area contributed by atoms with Crippen molar-refractivity contribution in [2.45, 2.75) is 19.3 Å². The molecule has 0 amide bonds. The van der Waals surface area contributed by atoms with Gasteiger partial charge >= 0.3 is 0 Å². The molecule has 1 nitrogen and oxygen atoms in total. The molecule has 8 aromatic rings. The van der Waals surface area contributed by atoms with Gasteiger partial charge in [-0.3, -0.25) is 0 Å². The predicted octanol–water partition coefficient (Wildman–Crippen LogP) is 12.6. The number of rotatable bonds is 4. The van der Waals surface area contributed by atoms with E-state index in [0.717, 1.165) is 11.4 Å². The molecule has 1 aliphatic rings. The Labute approximate surface area is 267 Å². The quantitative estimate of drug-likeness (QED) is 0.214. The van der Waals surface area contributed by atoms with E-state index < -0.39 is 0 Å². The Morgan fingerprint density at radius 1 is 0.467 bits per heavy atom. The topological polar surface area (TPSA) is 12.0 Å². The van der Waals surface area contributed by atoms with Crippen LogP contribution in [0.15, 0.2) is 146 Å². The van der Waals surface area contributed by atoms with Crippen molar-refractivity contribution in [1.82, 2.24) is 0 Å². The average molecular weight is 594 g/mol. The van der Waals surface area contributed by atoms with Crippen molar-refractivity contribution in [2.24, 2.45) is 0 Å². The maximum Gasteiger partial charge on any atom is 0.0435 e. The zero-order valence-electron chi connectivity index (χ0n) is 25.3. The van der Waals surface area contributed by atoms with E-state index in [0.29, 0.717) is 0 Å². The van der Waals surface area contributed by atoms with Crippen LogP contribution in [0.25, 0.3) is 64.3 Å². The molecule has 0 saturated carbocycles. The zero-order chi connectivity index (χ0) is 30.1. The number of anilines is 2. The fourth-order valence-electron chi connectivity index (χ4n) is 7.36. The minimum absolute atomic E-state index is 0.00427. The Hall–Kier alpha value is -5.18. The minimum Gasteiger partial charge on any atom is -0.355 e. The molecule has 1 aliphatic carbocycles. The van der Waals surface area contributed by atoms with Crippen molar-refractivity contribution in [2.75, 3.05) is 5.32 Å². The van der Waals surface area contributed by atoms with Gasteiger partial charge in [-0.2, -0.15) is 0 Å². The van der Waals surface area contributed by atoms with Crippen molar-refractivity contribution in [3.8, 4) is 33.4 Å². The second kappa shape index (κ2) is 9.92. The number of hydrogen-bond acceptors (Lipinski definition) is 2. The molecule has 45 heavy (non-hydrogen) atoms. The monoisotopic (exact) mass is 593 g/mol. The van der Waals surface area contributed by atoms with E-state index in [1.807, 2.05) is 11.3 Å². The molecule has 2 heteroatoms. The molecule has 1 N–H and O–H groups in total. The van der Waals surface area contributed by atoms with Crippen molar-refractivity contribution >= 4 is 53.7 Å². The van der Waals surface area contributed by atoms with Crippen LogP contribution in [0, 0.1) is 0 Å². The fraction of sp³-hybridized carbons (Fsp3) is 0.0698. The highest BCUT2D eigenvalue weighted by atomic mass is 32.1. The van der Waals surface area contributed by atoms with E-state index in [1.54, 1.807) is 0 Å². The van der Waals surface area contributed by atoms with Gasteiger partial charge in [0.05, 0.1) is 0 Å². The first-order valence-corrected chi connectivity index (χ1v) is 16.4. The Kier molecular flexibility index (Phi) is 5.78. The van der Waals surface area contributed by atoms with Gasteiger partial charge in [0.25, 0.3) is 0 Å². The summed E-state index contributed by atoms with van der Waals surface area (Å²) in [6.07, 6.45) is 0. The second-order valence-corrected chi connectivity index (χ2v) is 13.7. The smallest absolute Gasteiger partial charge is 0.0435 e. The van der Waals surface area contributed by atoms with E-state index in [9.17, 15) is 0 Å². The molecule has 0 atom stereocenters. The summed E-state index contributed by atoms with van der Waals surface area (Å²) in [6.45, 7) is 4.68. The highest BCUT2D eigenvalue weighted by Crippen LogP contribution is 2.49. The highest BCUT2D eigenvalue weighted by Gasteiger charge is 2.35. The Bertz CT molecular complexity index is 2420. The SMILES string of the molecule is CC1(C)c2ccccc2-c2ccc(-c3ccc(Nc4cc(-c5cccc6ccccc56)c5sc6ccccc6c5c4)cc3)cc21. The molecule has 7 aromatic carbocycles. The summed E-state index contributed by atoms with van der Waals surface area (Å²) >= 11 is 1.88. The zero-order valence-corrected chi connectivity index (χ0v) is 26.1. The van der Waals surface area contributed by atoms with Crippen molar-refractivity contribution in [3.05, 3.63) is 157 Å². The molecule has 0 radical (unpaired) electrons. The molecule has 0 unspecified atom stereocenters. The summed E-state index contributed by atoms with van der Waals surface area (Å²) < 4.78 is 2.64. The predicted molar refractivity (Wildman–Crippen MR) is 195 cm³/mol. The van der Waals surface area contributed by atoms with Gasteiger partial charge in [0, 0.05) is 42.5 Å². The van der Waals surface area contributed by atoms with Gasteiger partial charge in [-0.15, -0.1) is 11.3 Å². The Morgan fingerprint density at radius 3 is 2.04 bits per heavy atom. The van der Waals surface area contributed by atoms with E-state index in [2.05, 4.69) is 165 Å². The Morgan fingerprint density at radius 2 is 1.16 bits per heavy atom. The van der Waals surface area contributed by atoms with Crippen LogP contribution in [-0.2, 0) is 5.41 Å². The van der Waals surface area contributed by atoms with E-state index in [1.165, 1.54) is 75.5 Å². The largest absolute Gasteiger partial charge is 0.355 e. The number of nitrogens with one attached hydrogen (secondary N) is 1. The summed E-state index contributed by atoms with van der Waals surface area (Å²) in [5.41, 5.74) is 12.7. The first kappa shape index (κ1) is 26.2. The molecule has 0 aliphatic heterocycles. The van der Waals surface area contributed by atoms with Crippen molar-refractivity contribution in [1.29, 1.82) is 0 Å². The van der Waals surface area contributed by atoms with Gasteiger partial charge in [0.15, 0.2) is 0 Å². The van der Waals surface area contributed by atoms with Gasteiger partial charge in [-0.1, -0.05) is 123 Å². The molecule has 0 saturated heterocycles. The molecule has 214 valence electrons. The molecular formula is C43H31NS. The van der Waals surface area contributed by atoms with Crippen LogP contribution in [-0.4, -0.2) is 0 Å². The van der Waals surface area contributed by atoms with Gasteiger partial charge in [0.2, 0.25) is 0 Å². The Balaban J connectivity index is 1.10. The third-order valence-corrected chi connectivity index (χ3v) is 10.9. The van der Waals surface area contributed by atoms with Crippen LogP contribution >= 0.6 is 11.3 Å². The summed E-state index contributed by atoms with van der Waals surface area (Å²) in [5.74, 6) is 0. The molecular weight excluding hydrogens is 563 g/mol. The lowest BCUT2D eigenvalue weighted by Gasteiger charge is -2.22. The van der Waals surface area contributed by atoms with Crippen molar-refractivity contribution in [3.63, 3.8) is 0 Å². The van der Waals surface area contributed by atoms with Crippen molar-refractivity contribution < 1.29 is 0 Å². The van der Waals surface area contributed by atoms with Crippen LogP contribution in [0.2, 0.25) is 0 Å². The third-order valence-electron chi connectivity index (χ3n) is 9.65. The third kappa shape index (κ3) is 4.13. The van der Waals surface area contributed by atoms with Crippen LogP contribution in [0.4, 0.5) is 11.4 Å². The lowest BCUT2D eigenvalue weighted by molar-refractivity contribution is 0.660. The summed E-state index contributed by atoms with van der Waals surface area (Å²) in [4.78, 5) is 0. The normalized spacial score (nSPS) is 13.3. The molecule has 9 rings (SSSR count). The number of hydrogen-bond donors (Lipinski definition) is 1. The van der Waals surface area contributed by atoms with Gasteiger partial charge in [-0.05, 0) is 86.1 Å². The standard InChI is InChI=1S/C43H31NS/c1-43(2)39-16-7-5-13-34(39)35-23-20-29(24-40(35)43)27-18-21-30(22-19-27)44-31-25-37(33-15-9-11-28-10-3-4-12-32(28)33)42-38(26-31)36-14-6-8-17-41(36)45-42/h3-26,44H,1-2H3. The average Bonchev–Trinajstić information content (AvgIpc) is 3.57. The molecule has 0 fully saturated rings. The summed E-state index contributed by atoms with van der Waals surface area (Å²) in [6, 6.07) is 53.4. The van der Waals surface area contributed by atoms with E-state index in [-0.39, 0.29) is 5.41 Å². The molecule has 1 heterocycles. The van der Waals surface area contributed by atoms with Crippen LogP contribution in [0.3, 0.4) is 0 Å². The molecule has 1 aromatic heterocycles. The molecule has 0 bridgehead atoms. The lowest BCUT2D eigenvalue weighted by atomic mass is 9.81. The van der Waals surface area contributed by atoms with Gasteiger partial charge < -0.3 is 5.32 Å². The maximum absolute atomic E-state index is 3.76. The van der Waals surface area contributed by atoms with E-state index in [4.69, 9.17) is 0 Å². The first-order chi connectivity index (χ1) is 22.0. The number of benzene rings is 7. The molecule has 0 spiro atoms. The first-order valence-electron chi connectivity index (χ1n) is 15.6. The minimum atomic E-state index is -0.00427. The lowest BCUT2D eigenvalue weighted by Crippen LogP contribution is -2.14. The van der Waals surface area contributed by atoms with Crippen LogP contribution in [0.5, 0.6) is 0 Å². The number of thiophene rings is 1. The summed E-state index contributed by atoms with van der Waals surface area (Å²) in [5, 5.41) is 8.90. The van der Waals surface area contributed by atoms with Crippen LogP contribution in [0.1, 0.15) is 25.0 Å². The highest BCUT2D eigenvalue weighted by molar-refractivity contribution is 7.26. The number of fused-ring (bicyclic) bond motifs is 7. The fourth-order valence-corrected chi connectivity index (χ4v) is 8.57. The van der Waals surface area contributed by atoms with Crippen LogP contribution < -0.4 is 5.32 Å². The second-order valence-electron chi connectivity index (χ2n) is 12.7. The summed E-state index contributed by atoms with van der Waals surface area (Å²) in [7, 11) is 0. The van der Waals surface area contributed by atoms with E-state index >= 15 is 0 Å².